The van der Waals surface area contributed by atoms with Gasteiger partial charge in [-0.1, -0.05) is 18.2 Å². The second kappa shape index (κ2) is 7.77. The molecule has 8 heteroatoms. The van der Waals surface area contributed by atoms with Gasteiger partial charge in [0, 0.05) is 12.6 Å². The predicted octanol–water partition coefficient (Wildman–Crippen LogP) is 3.77. The molecule has 1 atom stereocenters. The lowest BCUT2D eigenvalue weighted by Crippen LogP contribution is -2.27. The highest BCUT2D eigenvalue weighted by molar-refractivity contribution is 7.89. The van der Waals surface area contributed by atoms with Crippen molar-refractivity contribution in [3.05, 3.63) is 64.7 Å². The fourth-order valence-electron chi connectivity index (χ4n) is 2.53. The Morgan fingerprint density at radius 3 is 2.23 bits per heavy atom. The van der Waals surface area contributed by atoms with E-state index in [2.05, 4.69) is 10.0 Å². The summed E-state index contributed by atoms with van der Waals surface area (Å²) in [7, 11) is -2.03. The van der Waals surface area contributed by atoms with Crippen LogP contribution in [0.15, 0.2) is 47.4 Å². The van der Waals surface area contributed by atoms with Crippen molar-refractivity contribution in [2.45, 2.75) is 37.5 Å². The summed E-state index contributed by atoms with van der Waals surface area (Å²) < 4.78 is 65.6. The van der Waals surface area contributed by atoms with Gasteiger partial charge in [0.25, 0.3) is 0 Å². The van der Waals surface area contributed by atoms with Crippen molar-refractivity contribution in [2.75, 3.05) is 7.05 Å². The Labute approximate surface area is 151 Å². The van der Waals surface area contributed by atoms with Crippen molar-refractivity contribution >= 4 is 10.0 Å². The van der Waals surface area contributed by atoms with Gasteiger partial charge in [-0.05, 0) is 61.9 Å². The molecule has 4 nitrogen and oxygen atoms in total. The lowest BCUT2D eigenvalue weighted by atomic mass is 10.1. The quantitative estimate of drug-likeness (QED) is 0.795. The van der Waals surface area contributed by atoms with Gasteiger partial charge in [0.2, 0.25) is 10.0 Å². The van der Waals surface area contributed by atoms with E-state index >= 15 is 0 Å². The molecule has 2 aromatic carbocycles. The fourth-order valence-corrected chi connectivity index (χ4v) is 3.81. The number of sulfonamides is 1. The van der Waals surface area contributed by atoms with E-state index in [1.54, 1.807) is 26.1 Å². The molecule has 0 bridgehead atoms. The van der Waals surface area contributed by atoms with Crippen molar-refractivity contribution in [2.24, 2.45) is 0 Å². The van der Waals surface area contributed by atoms with E-state index in [0.717, 1.165) is 23.3 Å². The molecule has 0 spiro atoms. The van der Waals surface area contributed by atoms with Gasteiger partial charge in [0.05, 0.1) is 10.5 Å². The second-order valence-corrected chi connectivity index (χ2v) is 7.80. The minimum Gasteiger partial charge on any atom is -0.316 e. The summed E-state index contributed by atoms with van der Waals surface area (Å²) in [6.07, 6.45) is -4.42. The van der Waals surface area contributed by atoms with Crippen molar-refractivity contribution in [3.63, 3.8) is 0 Å². The summed E-state index contributed by atoms with van der Waals surface area (Å²) >= 11 is 0. The lowest BCUT2D eigenvalue weighted by Gasteiger charge is -2.16. The molecular formula is C18H21F3N2O2S. The Balaban J connectivity index is 2.22. The molecule has 26 heavy (non-hydrogen) atoms. The van der Waals surface area contributed by atoms with Gasteiger partial charge >= 0.3 is 6.18 Å². The normalized spacial score (nSPS) is 13.6. The predicted molar refractivity (Wildman–Crippen MR) is 94.1 cm³/mol. The van der Waals surface area contributed by atoms with Crippen molar-refractivity contribution < 1.29 is 21.6 Å². The Morgan fingerprint density at radius 2 is 1.69 bits per heavy atom. The summed E-state index contributed by atoms with van der Waals surface area (Å²) in [5, 5.41) is 2.98. The third-order valence-corrected chi connectivity index (χ3v) is 5.61. The smallest absolute Gasteiger partial charge is 0.316 e. The molecule has 0 aliphatic heterocycles. The maximum Gasteiger partial charge on any atom is 0.416 e. The summed E-state index contributed by atoms with van der Waals surface area (Å²) in [5.74, 6) is 0. The highest BCUT2D eigenvalue weighted by Gasteiger charge is 2.30. The van der Waals surface area contributed by atoms with Crippen molar-refractivity contribution in [1.29, 1.82) is 0 Å². The van der Waals surface area contributed by atoms with Gasteiger partial charge in [-0.3, -0.25) is 0 Å². The molecule has 0 amide bonds. The largest absolute Gasteiger partial charge is 0.416 e. The average Bonchev–Trinajstić information content (AvgIpc) is 2.56. The van der Waals surface area contributed by atoms with E-state index in [0.29, 0.717) is 12.1 Å². The number of halogens is 3. The third-order valence-electron chi connectivity index (χ3n) is 4.07. The van der Waals surface area contributed by atoms with Crippen LogP contribution in [0.4, 0.5) is 13.2 Å². The maximum atomic E-state index is 12.6. The first kappa shape index (κ1) is 20.4. The SMILES string of the molecule is CNCc1cc(S(=O)(=O)N[C@@H](C)c2ccc(C(F)(F)F)cc2)ccc1C. The molecule has 2 rings (SSSR count). The number of hydrogen-bond acceptors (Lipinski definition) is 3. The van der Waals surface area contributed by atoms with Crippen LogP contribution >= 0.6 is 0 Å². The zero-order valence-corrected chi connectivity index (χ0v) is 15.5. The summed E-state index contributed by atoms with van der Waals surface area (Å²) in [5.41, 5.74) is 1.50. The van der Waals surface area contributed by atoms with Crippen LogP contribution in [0.5, 0.6) is 0 Å². The first-order chi connectivity index (χ1) is 12.0. The minimum absolute atomic E-state index is 0.118. The van der Waals surface area contributed by atoms with Crippen molar-refractivity contribution in [1.82, 2.24) is 10.0 Å². The van der Waals surface area contributed by atoms with E-state index in [1.807, 2.05) is 6.92 Å². The highest BCUT2D eigenvalue weighted by atomic mass is 32.2. The molecule has 0 saturated heterocycles. The van der Waals surface area contributed by atoms with E-state index in [9.17, 15) is 21.6 Å². The van der Waals surface area contributed by atoms with Gasteiger partial charge in [0.1, 0.15) is 0 Å². The molecule has 2 N–H and O–H groups in total. The molecule has 0 aliphatic rings. The Bertz CT molecular complexity index is 863. The molecule has 0 aromatic heterocycles. The zero-order valence-electron chi connectivity index (χ0n) is 14.7. The van der Waals surface area contributed by atoms with Gasteiger partial charge < -0.3 is 5.32 Å². The second-order valence-electron chi connectivity index (χ2n) is 6.08. The molecule has 2 aromatic rings. The van der Waals surface area contributed by atoms with Gasteiger partial charge in [0.15, 0.2) is 0 Å². The average molecular weight is 386 g/mol. The molecule has 142 valence electrons. The van der Waals surface area contributed by atoms with Crippen LogP contribution in [0.25, 0.3) is 0 Å². The van der Waals surface area contributed by atoms with Crippen LogP contribution < -0.4 is 10.0 Å². The van der Waals surface area contributed by atoms with Gasteiger partial charge in [-0.25, -0.2) is 13.1 Å². The Hall–Kier alpha value is -1.90. The number of hydrogen-bond donors (Lipinski definition) is 2. The highest BCUT2D eigenvalue weighted by Crippen LogP contribution is 2.30. The first-order valence-corrected chi connectivity index (χ1v) is 9.46. The fraction of sp³-hybridized carbons (Fsp3) is 0.333. The van der Waals surface area contributed by atoms with E-state index in [1.165, 1.54) is 18.2 Å². The first-order valence-electron chi connectivity index (χ1n) is 7.98. The molecule has 0 fully saturated rings. The summed E-state index contributed by atoms with van der Waals surface area (Å²) in [6, 6.07) is 8.59. The van der Waals surface area contributed by atoms with E-state index < -0.39 is 27.8 Å². The molecule has 0 radical (unpaired) electrons. The zero-order chi connectivity index (χ0) is 19.5. The lowest BCUT2D eigenvalue weighted by molar-refractivity contribution is -0.137. The number of benzene rings is 2. The summed E-state index contributed by atoms with van der Waals surface area (Å²) in [4.78, 5) is 0.118. The molecule has 0 aliphatic carbocycles. The van der Waals surface area contributed by atoms with Crippen LogP contribution in [0, 0.1) is 6.92 Å². The number of alkyl halides is 3. The number of rotatable bonds is 6. The van der Waals surface area contributed by atoms with Gasteiger partial charge in [-0.15, -0.1) is 0 Å². The van der Waals surface area contributed by atoms with Gasteiger partial charge in [-0.2, -0.15) is 13.2 Å². The topological polar surface area (TPSA) is 58.2 Å². The Kier molecular flexibility index (Phi) is 6.10. The standard InChI is InChI=1S/C18H21F3N2O2S/c1-12-4-9-17(10-15(12)11-22-3)26(24,25)23-13(2)14-5-7-16(8-6-14)18(19,20)21/h4-10,13,22-23H,11H2,1-3H3/t13-/m0/s1. The third kappa shape index (κ3) is 4.84. The maximum absolute atomic E-state index is 12.6. The molecular weight excluding hydrogens is 365 g/mol. The molecule has 0 unspecified atom stereocenters. The molecule has 0 saturated carbocycles. The van der Waals surface area contributed by atoms with E-state index in [-0.39, 0.29) is 4.90 Å². The van der Waals surface area contributed by atoms with Crippen LogP contribution in [-0.4, -0.2) is 15.5 Å². The number of nitrogens with one attached hydrogen (secondary N) is 2. The van der Waals surface area contributed by atoms with Crippen LogP contribution in [0.2, 0.25) is 0 Å². The summed E-state index contributed by atoms with van der Waals surface area (Å²) in [6.45, 7) is 4.01. The number of aryl methyl sites for hydroxylation is 1. The van der Waals surface area contributed by atoms with Crippen LogP contribution in [-0.2, 0) is 22.7 Å². The van der Waals surface area contributed by atoms with Crippen LogP contribution in [0.3, 0.4) is 0 Å². The monoisotopic (exact) mass is 386 g/mol. The Morgan fingerprint density at radius 1 is 1.08 bits per heavy atom. The minimum atomic E-state index is -4.42. The van der Waals surface area contributed by atoms with E-state index in [4.69, 9.17) is 0 Å². The molecule has 0 heterocycles. The van der Waals surface area contributed by atoms with Crippen molar-refractivity contribution in [3.8, 4) is 0 Å². The van der Waals surface area contributed by atoms with Crippen LogP contribution in [0.1, 0.15) is 35.2 Å².